The van der Waals surface area contributed by atoms with Crippen molar-refractivity contribution in [2.75, 3.05) is 5.32 Å². The molecule has 0 aliphatic heterocycles. The van der Waals surface area contributed by atoms with Crippen LogP contribution in [0.25, 0.3) is 0 Å². The van der Waals surface area contributed by atoms with Gasteiger partial charge in [0, 0.05) is 16.2 Å². The zero-order chi connectivity index (χ0) is 16.8. The standard InChI is InChI=1S/C18H21BrN4O/c19-13-7-9-15(10-8-13)22-17-12-20-16(11-21-17)18(24)23-14-5-3-1-2-4-6-14/h7-12,14H,1-6H2,(H,21,22)(H,23,24). The monoisotopic (exact) mass is 388 g/mol. The summed E-state index contributed by atoms with van der Waals surface area (Å²) in [5.41, 5.74) is 1.28. The minimum absolute atomic E-state index is 0.135. The Kier molecular flexibility index (Phi) is 5.80. The highest BCUT2D eigenvalue weighted by Crippen LogP contribution is 2.19. The summed E-state index contributed by atoms with van der Waals surface area (Å²) in [6.45, 7) is 0. The third-order valence-corrected chi connectivity index (χ3v) is 4.72. The lowest BCUT2D eigenvalue weighted by Crippen LogP contribution is -2.34. The van der Waals surface area contributed by atoms with E-state index < -0.39 is 0 Å². The molecule has 0 saturated heterocycles. The largest absolute Gasteiger partial charge is 0.348 e. The molecule has 2 N–H and O–H groups in total. The maximum absolute atomic E-state index is 12.3. The molecule has 0 radical (unpaired) electrons. The summed E-state index contributed by atoms with van der Waals surface area (Å²) in [7, 11) is 0. The molecule has 6 heteroatoms. The Hall–Kier alpha value is -1.95. The summed E-state index contributed by atoms with van der Waals surface area (Å²) in [6.07, 6.45) is 10.1. The van der Waals surface area contributed by atoms with Gasteiger partial charge in [-0.15, -0.1) is 0 Å². The fraction of sp³-hybridized carbons (Fsp3) is 0.389. The molecule has 1 aliphatic carbocycles. The van der Waals surface area contributed by atoms with Crippen LogP contribution in [0, 0.1) is 0 Å². The fourth-order valence-corrected chi connectivity index (χ4v) is 3.14. The van der Waals surface area contributed by atoms with Crippen molar-refractivity contribution in [2.45, 2.75) is 44.6 Å². The third kappa shape index (κ3) is 4.77. The molecule has 2 aromatic rings. The van der Waals surface area contributed by atoms with Gasteiger partial charge in [-0.25, -0.2) is 9.97 Å². The number of rotatable bonds is 4. The summed E-state index contributed by atoms with van der Waals surface area (Å²) in [4.78, 5) is 20.8. The number of hydrogen-bond acceptors (Lipinski definition) is 4. The van der Waals surface area contributed by atoms with Crippen LogP contribution in [-0.2, 0) is 0 Å². The second-order valence-corrected chi connectivity index (χ2v) is 7.00. The van der Waals surface area contributed by atoms with Gasteiger partial charge in [-0.05, 0) is 37.1 Å². The second-order valence-electron chi connectivity index (χ2n) is 6.08. The number of amides is 1. The average molecular weight is 389 g/mol. The van der Waals surface area contributed by atoms with Crippen LogP contribution in [0.4, 0.5) is 11.5 Å². The van der Waals surface area contributed by atoms with E-state index in [-0.39, 0.29) is 11.9 Å². The van der Waals surface area contributed by atoms with Gasteiger partial charge in [-0.1, -0.05) is 41.6 Å². The lowest BCUT2D eigenvalue weighted by atomic mass is 10.1. The smallest absolute Gasteiger partial charge is 0.271 e. The van der Waals surface area contributed by atoms with Gasteiger partial charge < -0.3 is 10.6 Å². The molecule has 5 nitrogen and oxygen atoms in total. The van der Waals surface area contributed by atoms with Crippen LogP contribution in [-0.4, -0.2) is 21.9 Å². The second kappa shape index (κ2) is 8.24. The van der Waals surface area contributed by atoms with Crippen molar-refractivity contribution in [3.8, 4) is 0 Å². The maximum Gasteiger partial charge on any atom is 0.271 e. The Balaban J connectivity index is 1.58. The number of anilines is 2. The lowest BCUT2D eigenvalue weighted by molar-refractivity contribution is 0.0928. The molecule has 3 rings (SSSR count). The molecule has 0 unspecified atom stereocenters. The SMILES string of the molecule is O=C(NC1CCCCCC1)c1cnc(Nc2ccc(Br)cc2)cn1. The molecule has 1 saturated carbocycles. The zero-order valence-electron chi connectivity index (χ0n) is 13.5. The summed E-state index contributed by atoms with van der Waals surface area (Å²) >= 11 is 3.40. The van der Waals surface area contributed by atoms with Crippen LogP contribution in [0.5, 0.6) is 0 Å². The van der Waals surface area contributed by atoms with Gasteiger partial charge in [0.2, 0.25) is 0 Å². The number of carbonyl (C=O) groups is 1. The number of nitrogens with zero attached hydrogens (tertiary/aromatic N) is 2. The van der Waals surface area contributed by atoms with Gasteiger partial charge in [-0.2, -0.15) is 0 Å². The minimum Gasteiger partial charge on any atom is -0.348 e. The molecule has 0 atom stereocenters. The van der Waals surface area contributed by atoms with E-state index in [0.717, 1.165) is 23.0 Å². The molecule has 24 heavy (non-hydrogen) atoms. The van der Waals surface area contributed by atoms with Crippen molar-refractivity contribution in [1.82, 2.24) is 15.3 Å². The lowest BCUT2D eigenvalue weighted by Gasteiger charge is -2.15. The number of nitrogens with one attached hydrogen (secondary N) is 2. The number of halogens is 1. The summed E-state index contributed by atoms with van der Waals surface area (Å²) in [5, 5.41) is 6.24. The Bertz CT molecular complexity index is 664. The number of hydrogen-bond donors (Lipinski definition) is 2. The van der Waals surface area contributed by atoms with E-state index in [1.165, 1.54) is 31.9 Å². The fourth-order valence-electron chi connectivity index (χ4n) is 2.87. The predicted octanol–water partition coefficient (Wildman–Crippen LogP) is 4.44. The molecule has 1 aliphatic rings. The van der Waals surface area contributed by atoms with E-state index in [4.69, 9.17) is 0 Å². The van der Waals surface area contributed by atoms with Crippen LogP contribution in [0.15, 0.2) is 41.1 Å². The molecule has 1 aromatic carbocycles. The van der Waals surface area contributed by atoms with Gasteiger partial charge in [0.05, 0.1) is 12.4 Å². The van der Waals surface area contributed by atoms with Crippen molar-refractivity contribution < 1.29 is 4.79 Å². The minimum atomic E-state index is -0.135. The predicted molar refractivity (Wildman–Crippen MR) is 98.4 cm³/mol. The van der Waals surface area contributed by atoms with Crippen molar-refractivity contribution in [2.24, 2.45) is 0 Å². The van der Waals surface area contributed by atoms with E-state index in [0.29, 0.717) is 11.5 Å². The first kappa shape index (κ1) is 16.9. The van der Waals surface area contributed by atoms with E-state index in [9.17, 15) is 4.79 Å². The van der Waals surface area contributed by atoms with Crippen LogP contribution in [0.3, 0.4) is 0 Å². The van der Waals surface area contributed by atoms with Gasteiger partial charge in [0.15, 0.2) is 0 Å². The molecular formula is C18H21BrN4O. The Morgan fingerprint density at radius 3 is 2.33 bits per heavy atom. The normalized spacial score (nSPS) is 15.5. The molecule has 0 spiro atoms. The van der Waals surface area contributed by atoms with Gasteiger partial charge in [0.25, 0.3) is 5.91 Å². The Morgan fingerprint density at radius 2 is 1.71 bits per heavy atom. The quantitative estimate of drug-likeness (QED) is 0.759. The molecule has 0 bridgehead atoms. The summed E-state index contributed by atoms with van der Waals surface area (Å²) < 4.78 is 1.02. The molecule has 1 fully saturated rings. The molecular weight excluding hydrogens is 368 g/mol. The topological polar surface area (TPSA) is 66.9 Å². The van der Waals surface area contributed by atoms with E-state index in [1.54, 1.807) is 6.20 Å². The number of benzene rings is 1. The highest BCUT2D eigenvalue weighted by Gasteiger charge is 2.16. The molecule has 1 amide bonds. The van der Waals surface area contributed by atoms with E-state index in [1.807, 2.05) is 24.3 Å². The summed E-state index contributed by atoms with van der Waals surface area (Å²) in [6, 6.07) is 8.05. The van der Waals surface area contributed by atoms with Crippen LogP contribution in [0.2, 0.25) is 0 Å². The Morgan fingerprint density at radius 1 is 1.00 bits per heavy atom. The molecule has 1 aromatic heterocycles. The molecule has 1 heterocycles. The number of aromatic nitrogens is 2. The van der Waals surface area contributed by atoms with E-state index >= 15 is 0 Å². The summed E-state index contributed by atoms with van der Waals surface area (Å²) in [5.74, 6) is 0.480. The van der Waals surface area contributed by atoms with Crippen molar-refractivity contribution in [3.05, 3.63) is 46.8 Å². The van der Waals surface area contributed by atoms with Crippen LogP contribution >= 0.6 is 15.9 Å². The highest BCUT2D eigenvalue weighted by atomic mass is 79.9. The van der Waals surface area contributed by atoms with Crippen LogP contribution in [0.1, 0.15) is 49.0 Å². The van der Waals surface area contributed by atoms with Gasteiger partial charge >= 0.3 is 0 Å². The first-order valence-electron chi connectivity index (χ1n) is 8.36. The van der Waals surface area contributed by atoms with Crippen molar-refractivity contribution in [3.63, 3.8) is 0 Å². The van der Waals surface area contributed by atoms with Crippen molar-refractivity contribution in [1.29, 1.82) is 0 Å². The maximum atomic E-state index is 12.3. The first-order chi connectivity index (χ1) is 11.7. The first-order valence-corrected chi connectivity index (χ1v) is 9.15. The highest BCUT2D eigenvalue weighted by molar-refractivity contribution is 9.10. The van der Waals surface area contributed by atoms with Crippen molar-refractivity contribution >= 4 is 33.3 Å². The molecule has 126 valence electrons. The van der Waals surface area contributed by atoms with Crippen LogP contribution < -0.4 is 10.6 Å². The van der Waals surface area contributed by atoms with E-state index in [2.05, 4.69) is 36.5 Å². The zero-order valence-corrected chi connectivity index (χ0v) is 15.1. The number of carbonyl (C=O) groups excluding carboxylic acids is 1. The van der Waals surface area contributed by atoms with Gasteiger partial charge in [-0.3, -0.25) is 4.79 Å². The average Bonchev–Trinajstić information content (AvgIpc) is 2.86. The Labute approximate surface area is 150 Å². The third-order valence-electron chi connectivity index (χ3n) is 4.19. The van der Waals surface area contributed by atoms with Gasteiger partial charge in [0.1, 0.15) is 11.5 Å².